The van der Waals surface area contributed by atoms with Crippen molar-refractivity contribution in [3.63, 3.8) is 0 Å². The molecule has 0 saturated heterocycles. The van der Waals surface area contributed by atoms with Gasteiger partial charge in [-0.15, -0.1) is 0 Å². The zero-order valence-corrected chi connectivity index (χ0v) is 13.0. The van der Waals surface area contributed by atoms with E-state index in [9.17, 15) is 13.9 Å². The molecule has 1 rings (SSSR count). The lowest BCUT2D eigenvalue weighted by atomic mass is 9.96. The van der Waals surface area contributed by atoms with Gasteiger partial charge in [-0.1, -0.05) is 30.7 Å². The highest BCUT2D eigenvalue weighted by Gasteiger charge is 2.27. The zero-order chi connectivity index (χ0) is 15.9. The lowest BCUT2D eigenvalue weighted by Crippen LogP contribution is -2.32. The van der Waals surface area contributed by atoms with Crippen LogP contribution in [0.5, 0.6) is 0 Å². The van der Waals surface area contributed by atoms with Crippen LogP contribution in [0.1, 0.15) is 33.1 Å². The smallest absolute Gasteiger partial charge is 0.251 e. The van der Waals surface area contributed by atoms with E-state index in [0.29, 0.717) is 19.6 Å². The first kappa shape index (κ1) is 18.3. The normalized spacial score (nSPS) is 36.3. The van der Waals surface area contributed by atoms with Crippen LogP contribution in [-0.2, 0) is 9.47 Å². The highest BCUT2D eigenvalue weighted by molar-refractivity contribution is 5.06. The molecule has 0 aliphatic carbocycles. The number of methoxy groups -OCH3 is 1. The second kappa shape index (κ2) is 8.61. The molecule has 21 heavy (non-hydrogen) atoms. The van der Waals surface area contributed by atoms with Crippen molar-refractivity contribution in [1.29, 1.82) is 0 Å². The van der Waals surface area contributed by atoms with Gasteiger partial charge in [-0.25, -0.2) is 8.78 Å². The first-order valence-electron chi connectivity index (χ1n) is 7.36. The Hall–Kier alpha value is -0.780. The van der Waals surface area contributed by atoms with E-state index in [4.69, 9.17) is 9.47 Å². The summed E-state index contributed by atoms with van der Waals surface area (Å²) in [4.78, 5) is 0. The molecule has 5 heteroatoms. The molecule has 3 atom stereocenters. The largest absolute Gasteiger partial charge is 0.389 e. The standard InChI is InChI=1S/C16H26F2O3/c1-12-10-13(2)15(19)14(20-3)6-4-7-16(17,18)8-5-9-21-11-12/h4,6,10,13-15,19H,5,7-9,11H2,1-3H3/b6-4+,12-10-/t13-,14+,15+/m1/s1. The van der Waals surface area contributed by atoms with Crippen LogP contribution in [0.25, 0.3) is 0 Å². The van der Waals surface area contributed by atoms with Gasteiger partial charge in [-0.2, -0.15) is 0 Å². The Morgan fingerprint density at radius 3 is 2.81 bits per heavy atom. The predicted octanol–water partition coefficient (Wildman–Crippen LogP) is 3.34. The van der Waals surface area contributed by atoms with E-state index in [1.165, 1.54) is 19.3 Å². The Labute approximate surface area is 125 Å². The molecular weight excluding hydrogens is 278 g/mol. The lowest BCUT2D eigenvalue weighted by molar-refractivity contribution is -0.0163. The van der Waals surface area contributed by atoms with Crippen molar-refractivity contribution in [1.82, 2.24) is 0 Å². The third-order valence-corrected chi connectivity index (χ3v) is 3.60. The fourth-order valence-corrected chi connectivity index (χ4v) is 2.37. The molecule has 0 amide bonds. The summed E-state index contributed by atoms with van der Waals surface area (Å²) < 4.78 is 37.9. The second-order valence-electron chi connectivity index (χ2n) is 5.71. The van der Waals surface area contributed by atoms with Crippen molar-refractivity contribution in [2.75, 3.05) is 20.3 Å². The van der Waals surface area contributed by atoms with Gasteiger partial charge < -0.3 is 14.6 Å². The van der Waals surface area contributed by atoms with Crippen LogP contribution in [0.2, 0.25) is 0 Å². The van der Waals surface area contributed by atoms with Crippen LogP contribution in [-0.4, -0.2) is 43.6 Å². The highest BCUT2D eigenvalue weighted by atomic mass is 19.3. The van der Waals surface area contributed by atoms with Crippen LogP contribution in [0.3, 0.4) is 0 Å². The van der Waals surface area contributed by atoms with Crippen molar-refractivity contribution in [3.05, 3.63) is 23.8 Å². The fourth-order valence-electron chi connectivity index (χ4n) is 2.37. The molecule has 0 aromatic rings. The van der Waals surface area contributed by atoms with Gasteiger partial charge in [-0.3, -0.25) is 0 Å². The molecule has 1 N–H and O–H groups in total. The third kappa shape index (κ3) is 6.68. The Morgan fingerprint density at radius 1 is 1.43 bits per heavy atom. The van der Waals surface area contributed by atoms with Crippen LogP contribution in [0.4, 0.5) is 8.78 Å². The number of hydrogen-bond donors (Lipinski definition) is 1. The summed E-state index contributed by atoms with van der Waals surface area (Å²) in [5, 5.41) is 10.2. The molecular formula is C16H26F2O3. The number of alkyl halides is 2. The molecule has 0 bridgehead atoms. The summed E-state index contributed by atoms with van der Waals surface area (Å²) in [5.41, 5.74) is 0.976. The fraction of sp³-hybridized carbons (Fsp3) is 0.750. The molecule has 0 fully saturated rings. The molecule has 1 aliphatic heterocycles. The molecule has 0 spiro atoms. The lowest BCUT2D eigenvalue weighted by Gasteiger charge is -2.24. The Bertz CT molecular complexity index is 367. The minimum atomic E-state index is -2.75. The summed E-state index contributed by atoms with van der Waals surface area (Å²) >= 11 is 0. The quantitative estimate of drug-likeness (QED) is 0.755. The third-order valence-electron chi connectivity index (χ3n) is 3.60. The molecule has 0 radical (unpaired) electrons. The van der Waals surface area contributed by atoms with Gasteiger partial charge in [-0.05, 0) is 13.3 Å². The van der Waals surface area contributed by atoms with Crippen molar-refractivity contribution >= 4 is 0 Å². The number of allylic oxidation sites excluding steroid dienone is 1. The molecule has 0 unspecified atom stereocenters. The average molecular weight is 304 g/mol. The van der Waals surface area contributed by atoms with Crippen molar-refractivity contribution in [2.24, 2.45) is 5.92 Å². The van der Waals surface area contributed by atoms with E-state index >= 15 is 0 Å². The van der Waals surface area contributed by atoms with Gasteiger partial charge in [0.25, 0.3) is 5.92 Å². The first-order valence-corrected chi connectivity index (χ1v) is 7.36. The van der Waals surface area contributed by atoms with Gasteiger partial charge >= 0.3 is 0 Å². The summed E-state index contributed by atoms with van der Waals surface area (Å²) in [6.45, 7) is 4.49. The molecule has 0 aromatic carbocycles. The van der Waals surface area contributed by atoms with Crippen LogP contribution < -0.4 is 0 Å². The van der Waals surface area contributed by atoms with Crippen LogP contribution >= 0.6 is 0 Å². The Morgan fingerprint density at radius 2 is 2.14 bits per heavy atom. The van der Waals surface area contributed by atoms with Crippen molar-refractivity contribution < 1.29 is 23.4 Å². The Balaban J connectivity index is 2.85. The maximum atomic E-state index is 13.6. The van der Waals surface area contributed by atoms with Crippen molar-refractivity contribution in [2.45, 2.75) is 51.2 Å². The predicted molar refractivity (Wildman–Crippen MR) is 78.5 cm³/mol. The number of ether oxygens (including phenoxy) is 2. The Kier molecular flexibility index (Phi) is 7.49. The summed E-state index contributed by atoms with van der Waals surface area (Å²) in [6, 6.07) is 0. The monoisotopic (exact) mass is 304 g/mol. The molecule has 122 valence electrons. The SMILES string of the molecule is CO[C@H]1/C=C/CC(F)(F)CCCOC/C(C)=C\[C@@H](C)[C@@H]1O. The number of aliphatic hydroxyl groups is 1. The topological polar surface area (TPSA) is 38.7 Å². The van der Waals surface area contributed by atoms with Gasteiger partial charge in [0.05, 0.1) is 12.7 Å². The maximum Gasteiger partial charge on any atom is 0.251 e. The van der Waals surface area contributed by atoms with E-state index in [0.717, 1.165) is 5.57 Å². The molecule has 0 aromatic heterocycles. The van der Waals surface area contributed by atoms with Gasteiger partial charge in [0.2, 0.25) is 0 Å². The average Bonchev–Trinajstić information content (AvgIpc) is 2.41. The van der Waals surface area contributed by atoms with Gasteiger partial charge in [0.1, 0.15) is 6.10 Å². The molecule has 1 heterocycles. The highest BCUT2D eigenvalue weighted by Crippen LogP contribution is 2.26. The van der Waals surface area contributed by atoms with Crippen LogP contribution in [0, 0.1) is 5.92 Å². The minimum absolute atomic E-state index is 0.147. The number of rotatable bonds is 1. The van der Waals surface area contributed by atoms with Crippen LogP contribution in [0.15, 0.2) is 23.8 Å². The number of aliphatic hydroxyl groups excluding tert-OH is 1. The van der Waals surface area contributed by atoms with E-state index in [-0.39, 0.29) is 18.8 Å². The summed E-state index contributed by atoms with van der Waals surface area (Å²) in [5.74, 6) is -2.89. The maximum absolute atomic E-state index is 13.6. The molecule has 1 aliphatic rings. The van der Waals surface area contributed by atoms with E-state index in [2.05, 4.69) is 0 Å². The van der Waals surface area contributed by atoms with E-state index in [1.54, 1.807) is 0 Å². The molecule has 0 saturated carbocycles. The summed E-state index contributed by atoms with van der Waals surface area (Å²) in [6.07, 6.45) is 3.28. The first-order chi connectivity index (χ1) is 9.85. The zero-order valence-electron chi connectivity index (χ0n) is 13.0. The molecule has 3 nitrogen and oxygen atoms in total. The van der Waals surface area contributed by atoms with E-state index in [1.807, 2.05) is 19.9 Å². The number of hydrogen-bond acceptors (Lipinski definition) is 3. The van der Waals surface area contributed by atoms with Gasteiger partial charge in [0.15, 0.2) is 0 Å². The van der Waals surface area contributed by atoms with Gasteiger partial charge in [0, 0.05) is 32.5 Å². The summed E-state index contributed by atoms with van der Waals surface area (Å²) in [7, 11) is 1.46. The van der Waals surface area contributed by atoms with E-state index < -0.39 is 18.1 Å². The van der Waals surface area contributed by atoms with Crippen molar-refractivity contribution in [3.8, 4) is 0 Å². The second-order valence-corrected chi connectivity index (χ2v) is 5.71. The number of halogens is 2. The minimum Gasteiger partial charge on any atom is -0.389 e.